The lowest BCUT2D eigenvalue weighted by molar-refractivity contribution is -0.204. The summed E-state index contributed by atoms with van der Waals surface area (Å²) in [5.74, 6) is -11.0. The standard InChI is InChI=1S/C29H36F3N3O7/c1-3-8-35(4-2)22-15-10-12-9-14-19(17(36)11-13(16-6-5-7-34-16)21(14)29(30,31)32)23(37)18(12)25(39)28(15,42)26(40)20(24(22)38)27(33)41/h11-12,15-16,18,20,22,26,34,36,40,42H,3-10H2,1-2H3,(H2,33,41). The number of hydrogen-bond donors (Lipinski definition) is 5. The summed E-state index contributed by atoms with van der Waals surface area (Å²) in [4.78, 5) is 55.5. The Balaban J connectivity index is 1.68. The van der Waals surface area contributed by atoms with Gasteiger partial charge in [-0.1, -0.05) is 13.8 Å². The number of hydrogen-bond acceptors (Lipinski definition) is 9. The molecule has 0 aromatic heterocycles. The van der Waals surface area contributed by atoms with Crippen LogP contribution in [0.3, 0.4) is 0 Å². The van der Waals surface area contributed by atoms with Crippen LogP contribution in [-0.2, 0) is 27.0 Å². The van der Waals surface area contributed by atoms with Crippen LogP contribution < -0.4 is 11.1 Å². The molecule has 0 spiro atoms. The van der Waals surface area contributed by atoms with Crippen LogP contribution in [0.15, 0.2) is 6.07 Å². The molecule has 0 bridgehead atoms. The van der Waals surface area contributed by atoms with Crippen molar-refractivity contribution < 1.29 is 47.7 Å². The fourth-order valence-electron chi connectivity index (χ4n) is 8.06. The summed E-state index contributed by atoms with van der Waals surface area (Å²) in [6, 6.07) is -1.01. The largest absolute Gasteiger partial charge is 0.507 e. The Morgan fingerprint density at radius 3 is 2.48 bits per heavy atom. The van der Waals surface area contributed by atoms with Gasteiger partial charge in [-0.15, -0.1) is 0 Å². The number of nitrogens with one attached hydrogen (secondary N) is 1. The van der Waals surface area contributed by atoms with Crippen molar-refractivity contribution in [2.24, 2.45) is 29.4 Å². The van der Waals surface area contributed by atoms with Crippen LogP contribution in [0.25, 0.3) is 0 Å². The van der Waals surface area contributed by atoms with Crippen molar-refractivity contribution in [1.82, 2.24) is 10.2 Å². The molecule has 1 amide bonds. The highest BCUT2D eigenvalue weighted by Crippen LogP contribution is 2.54. The van der Waals surface area contributed by atoms with Gasteiger partial charge in [0.2, 0.25) is 5.91 Å². The fraction of sp³-hybridized carbons (Fsp3) is 0.655. The normalized spacial score (nSPS) is 34.8. The monoisotopic (exact) mass is 595 g/mol. The van der Waals surface area contributed by atoms with E-state index in [0.29, 0.717) is 32.4 Å². The molecule has 230 valence electrons. The van der Waals surface area contributed by atoms with E-state index in [1.165, 1.54) is 0 Å². The highest BCUT2D eigenvalue weighted by molar-refractivity contribution is 6.18. The maximum atomic E-state index is 14.6. The van der Waals surface area contributed by atoms with Crippen LogP contribution >= 0.6 is 0 Å². The molecule has 4 aliphatic rings. The van der Waals surface area contributed by atoms with Crippen LogP contribution in [0, 0.1) is 23.7 Å². The van der Waals surface area contributed by atoms with Crippen molar-refractivity contribution in [3.05, 3.63) is 28.3 Å². The number of nitrogens with two attached hydrogens (primary N) is 1. The van der Waals surface area contributed by atoms with Crippen LogP contribution in [-0.4, -0.2) is 80.9 Å². The lowest BCUT2D eigenvalue weighted by atomic mass is 9.51. The minimum atomic E-state index is -4.88. The fourth-order valence-corrected chi connectivity index (χ4v) is 8.06. The number of nitrogens with zero attached hydrogens (tertiary/aromatic N) is 1. The third kappa shape index (κ3) is 4.39. The maximum absolute atomic E-state index is 14.6. The molecule has 8 unspecified atom stereocenters. The second-order valence-corrected chi connectivity index (χ2v) is 12.0. The number of alkyl halides is 3. The molecule has 1 saturated heterocycles. The van der Waals surface area contributed by atoms with Gasteiger partial charge in [0.25, 0.3) is 0 Å². The Morgan fingerprint density at radius 2 is 1.93 bits per heavy atom. The van der Waals surface area contributed by atoms with Crippen LogP contribution in [0.5, 0.6) is 5.75 Å². The first-order valence-corrected chi connectivity index (χ1v) is 14.4. The van der Waals surface area contributed by atoms with Crippen LogP contribution in [0.1, 0.15) is 72.6 Å². The smallest absolute Gasteiger partial charge is 0.417 e. The molecule has 0 radical (unpaired) electrons. The van der Waals surface area contributed by atoms with Gasteiger partial charge in [0.1, 0.15) is 17.8 Å². The summed E-state index contributed by atoms with van der Waals surface area (Å²) in [6.45, 7) is 4.66. The zero-order chi connectivity index (χ0) is 30.9. The SMILES string of the molecule is CCCN(CC)C1C(=O)C(C(N)=O)C(O)C2(O)C(=O)C3C(=O)c4c(O)cc(C5CCCN5)c(C(F)(F)F)c4CC3CC12. The highest BCUT2D eigenvalue weighted by atomic mass is 19.4. The number of rotatable bonds is 6. The molecule has 10 nitrogen and oxygen atoms in total. The van der Waals surface area contributed by atoms with Gasteiger partial charge < -0.3 is 26.4 Å². The average molecular weight is 596 g/mol. The molecule has 3 fully saturated rings. The number of aliphatic hydroxyl groups excluding tert-OH is 1. The predicted molar refractivity (Wildman–Crippen MR) is 141 cm³/mol. The quantitative estimate of drug-likeness (QED) is 0.304. The number of carbonyl (C=O) groups is 4. The predicted octanol–water partition coefficient (Wildman–Crippen LogP) is 1.27. The van der Waals surface area contributed by atoms with E-state index in [0.717, 1.165) is 6.07 Å². The Kier molecular flexibility index (Phi) is 7.78. The van der Waals surface area contributed by atoms with E-state index in [4.69, 9.17) is 5.73 Å². The van der Waals surface area contributed by atoms with Gasteiger partial charge in [-0.3, -0.25) is 24.1 Å². The number of carbonyl (C=O) groups excluding carboxylic acids is 4. The molecular weight excluding hydrogens is 559 g/mol. The molecule has 3 aliphatic carbocycles. The minimum absolute atomic E-state index is 0.174. The second-order valence-electron chi connectivity index (χ2n) is 12.0. The number of halogens is 3. The van der Waals surface area contributed by atoms with E-state index in [2.05, 4.69) is 5.32 Å². The number of aliphatic hydroxyl groups is 2. The number of ketones is 3. The first kappa shape index (κ1) is 30.6. The summed E-state index contributed by atoms with van der Waals surface area (Å²) in [6.07, 6.45) is -6.19. The number of amides is 1. The molecule has 8 atom stereocenters. The zero-order valence-corrected chi connectivity index (χ0v) is 23.4. The Hall–Kier alpha value is -2.87. The number of Topliss-reactive ketones (excluding diaryl/α,β-unsaturated/α-hetero) is 3. The van der Waals surface area contributed by atoms with Gasteiger partial charge in [-0.2, -0.15) is 13.2 Å². The highest BCUT2D eigenvalue weighted by Gasteiger charge is 2.69. The van der Waals surface area contributed by atoms with E-state index in [1.807, 2.05) is 6.92 Å². The maximum Gasteiger partial charge on any atom is 0.417 e. The van der Waals surface area contributed by atoms with Gasteiger partial charge in [0.05, 0.1) is 23.1 Å². The lowest BCUT2D eigenvalue weighted by Crippen LogP contribution is -2.76. The third-order valence-corrected chi connectivity index (χ3v) is 9.79. The number of aromatic hydroxyl groups is 1. The lowest BCUT2D eigenvalue weighted by Gasteiger charge is -2.56. The molecule has 42 heavy (non-hydrogen) atoms. The van der Waals surface area contributed by atoms with Crippen LogP contribution in [0.2, 0.25) is 0 Å². The van der Waals surface area contributed by atoms with Crippen molar-refractivity contribution >= 4 is 23.3 Å². The van der Waals surface area contributed by atoms with Crippen molar-refractivity contribution in [2.45, 2.75) is 75.9 Å². The van der Waals surface area contributed by atoms with Crippen LogP contribution in [0.4, 0.5) is 13.2 Å². The van der Waals surface area contributed by atoms with E-state index < -0.39 is 106 Å². The Bertz CT molecular complexity index is 1330. The molecule has 1 heterocycles. The average Bonchev–Trinajstić information content (AvgIpc) is 3.44. The molecule has 6 N–H and O–H groups in total. The molecule has 1 aromatic carbocycles. The second kappa shape index (κ2) is 10.7. The molecule has 13 heteroatoms. The van der Waals surface area contributed by atoms with Gasteiger partial charge in [-0.25, -0.2) is 0 Å². The summed E-state index contributed by atoms with van der Waals surface area (Å²) in [7, 11) is 0. The molecule has 2 saturated carbocycles. The van der Waals surface area contributed by atoms with Gasteiger partial charge in [0.15, 0.2) is 23.0 Å². The third-order valence-electron chi connectivity index (χ3n) is 9.79. The summed E-state index contributed by atoms with van der Waals surface area (Å²) >= 11 is 0. The van der Waals surface area contributed by atoms with Crippen molar-refractivity contribution in [3.8, 4) is 5.75 Å². The van der Waals surface area contributed by atoms with Gasteiger partial charge >= 0.3 is 6.18 Å². The van der Waals surface area contributed by atoms with Gasteiger partial charge in [0, 0.05) is 12.0 Å². The topological polar surface area (TPSA) is 170 Å². The van der Waals surface area contributed by atoms with Gasteiger partial charge in [-0.05, 0) is 74.8 Å². The van der Waals surface area contributed by atoms with Crippen molar-refractivity contribution in [1.29, 1.82) is 0 Å². The summed E-state index contributed by atoms with van der Waals surface area (Å²) in [5, 5.41) is 36.9. The van der Waals surface area contributed by atoms with E-state index in [9.17, 15) is 47.7 Å². The molecule has 1 aromatic rings. The number of benzene rings is 1. The number of likely N-dealkylation sites (N-methyl/N-ethyl adjacent to an activating group) is 1. The number of phenols is 1. The summed E-state index contributed by atoms with van der Waals surface area (Å²) in [5.41, 5.74) is 0.453. The Morgan fingerprint density at radius 1 is 1.24 bits per heavy atom. The Labute approximate surface area is 240 Å². The first-order valence-electron chi connectivity index (χ1n) is 14.4. The zero-order valence-electron chi connectivity index (χ0n) is 23.4. The number of phenolic OH excluding ortho intramolecular Hbond substituents is 1. The van der Waals surface area contributed by atoms with Crippen molar-refractivity contribution in [2.75, 3.05) is 19.6 Å². The number of fused-ring (bicyclic) bond motifs is 3. The van der Waals surface area contributed by atoms with Crippen molar-refractivity contribution in [3.63, 3.8) is 0 Å². The minimum Gasteiger partial charge on any atom is -0.507 e. The molecular formula is C29H36F3N3O7. The first-order chi connectivity index (χ1) is 19.7. The summed E-state index contributed by atoms with van der Waals surface area (Å²) < 4.78 is 43.9. The number of primary amides is 1. The van der Waals surface area contributed by atoms with E-state index in [1.54, 1.807) is 11.8 Å². The molecule has 5 rings (SSSR count). The van der Waals surface area contributed by atoms with E-state index in [-0.39, 0.29) is 18.5 Å². The molecule has 1 aliphatic heterocycles. The van der Waals surface area contributed by atoms with E-state index >= 15 is 0 Å².